The molecule has 158 valence electrons. The third-order valence-corrected chi connectivity index (χ3v) is 5.60. The molecule has 29 heavy (non-hydrogen) atoms. The summed E-state index contributed by atoms with van der Waals surface area (Å²) in [7, 11) is 1.31. The standard InChI is InChI=1S/C16H22N6O5S2/c1-5-27-14(25)18-13-19-20-15(29-13)28-7-9(23)10-11(17)22(6-8(2)3)16(26)21(4)12(10)24/h8H,5-7,17H2,1-4H3,(H,18,19,25). The van der Waals surface area contributed by atoms with Crippen molar-refractivity contribution in [3.63, 3.8) is 0 Å². The van der Waals surface area contributed by atoms with E-state index in [9.17, 15) is 19.2 Å². The van der Waals surface area contributed by atoms with E-state index >= 15 is 0 Å². The first-order chi connectivity index (χ1) is 13.6. The van der Waals surface area contributed by atoms with Crippen LogP contribution in [0, 0.1) is 5.92 Å². The number of amides is 1. The van der Waals surface area contributed by atoms with E-state index in [0.717, 1.165) is 27.7 Å². The highest BCUT2D eigenvalue weighted by Crippen LogP contribution is 2.26. The molecule has 0 aliphatic heterocycles. The molecule has 0 saturated carbocycles. The number of anilines is 2. The summed E-state index contributed by atoms with van der Waals surface area (Å²) in [5.41, 5.74) is 4.46. The number of nitrogens with one attached hydrogen (secondary N) is 1. The highest BCUT2D eigenvalue weighted by molar-refractivity contribution is 8.01. The van der Waals surface area contributed by atoms with Crippen molar-refractivity contribution < 1.29 is 14.3 Å². The molecule has 2 rings (SSSR count). The van der Waals surface area contributed by atoms with Crippen molar-refractivity contribution in [2.45, 2.75) is 31.7 Å². The number of thioether (sulfide) groups is 1. The lowest BCUT2D eigenvalue weighted by Crippen LogP contribution is -2.43. The van der Waals surface area contributed by atoms with Gasteiger partial charge in [0.25, 0.3) is 5.56 Å². The lowest BCUT2D eigenvalue weighted by molar-refractivity contribution is 0.102. The number of hydrogen-bond donors (Lipinski definition) is 2. The van der Waals surface area contributed by atoms with Gasteiger partial charge >= 0.3 is 11.8 Å². The number of nitrogen functional groups attached to an aromatic ring is 1. The number of nitrogens with zero attached hydrogens (tertiary/aromatic N) is 4. The SMILES string of the molecule is CCOC(=O)Nc1nnc(SCC(=O)c2c(N)n(CC(C)C)c(=O)n(C)c2=O)s1. The number of rotatable bonds is 8. The van der Waals surface area contributed by atoms with Gasteiger partial charge in [0.2, 0.25) is 5.13 Å². The smallest absolute Gasteiger partial charge is 0.413 e. The van der Waals surface area contributed by atoms with Crippen LogP contribution in [0.25, 0.3) is 0 Å². The molecule has 0 atom stereocenters. The molecular formula is C16H22N6O5S2. The first-order valence-electron chi connectivity index (χ1n) is 8.68. The van der Waals surface area contributed by atoms with Crippen LogP contribution in [-0.2, 0) is 18.3 Å². The number of nitrogens with two attached hydrogens (primary N) is 1. The molecule has 0 unspecified atom stereocenters. The largest absolute Gasteiger partial charge is 0.450 e. The monoisotopic (exact) mass is 442 g/mol. The van der Waals surface area contributed by atoms with Gasteiger partial charge in [-0.3, -0.25) is 24.0 Å². The Kier molecular flexibility index (Phi) is 7.56. The van der Waals surface area contributed by atoms with Crippen LogP contribution in [0.3, 0.4) is 0 Å². The number of ether oxygens (including phenoxy) is 1. The predicted octanol–water partition coefficient (Wildman–Crippen LogP) is 1.18. The normalized spacial score (nSPS) is 10.9. The van der Waals surface area contributed by atoms with Gasteiger partial charge in [0.15, 0.2) is 10.1 Å². The maximum Gasteiger partial charge on any atom is 0.413 e. The van der Waals surface area contributed by atoms with Gasteiger partial charge in [-0.15, -0.1) is 10.2 Å². The Morgan fingerprint density at radius 2 is 2.00 bits per heavy atom. The predicted molar refractivity (Wildman–Crippen MR) is 111 cm³/mol. The molecule has 2 heterocycles. The maximum atomic E-state index is 12.7. The van der Waals surface area contributed by atoms with Crippen molar-refractivity contribution >= 4 is 45.9 Å². The first kappa shape index (κ1) is 22.6. The zero-order valence-electron chi connectivity index (χ0n) is 16.4. The van der Waals surface area contributed by atoms with Crippen molar-refractivity contribution in [1.29, 1.82) is 0 Å². The molecule has 0 bridgehead atoms. The van der Waals surface area contributed by atoms with Gasteiger partial charge in [-0.2, -0.15) is 0 Å². The molecule has 2 aromatic heterocycles. The van der Waals surface area contributed by atoms with Crippen molar-refractivity contribution in [3.05, 3.63) is 26.4 Å². The Labute approximate surface area is 174 Å². The highest BCUT2D eigenvalue weighted by Gasteiger charge is 2.22. The molecule has 0 fully saturated rings. The van der Waals surface area contributed by atoms with E-state index in [0.29, 0.717) is 4.34 Å². The van der Waals surface area contributed by atoms with Crippen molar-refractivity contribution in [1.82, 2.24) is 19.3 Å². The summed E-state index contributed by atoms with van der Waals surface area (Å²) in [5.74, 6) is -0.704. The zero-order valence-corrected chi connectivity index (χ0v) is 18.1. The van der Waals surface area contributed by atoms with E-state index < -0.39 is 23.1 Å². The first-order valence-corrected chi connectivity index (χ1v) is 10.5. The molecule has 11 nitrogen and oxygen atoms in total. The van der Waals surface area contributed by atoms with Crippen LogP contribution in [0.1, 0.15) is 31.1 Å². The van der Waals surface area contributed by atoms with Crippen LogP contribution in [0.4, 0.5) is 15.7 Å². The minimum Gasteiger partial charge on any atom is -0.450 e. The molecule has 0 radical (unpaired) electrons. The number of aromatic nitrogens is 4. The molecule has 2 aromatic rings. The van der Waals surface area contributed by atoms with Gasteiger partial charge < -0.3 is 10.5 Å². The van der Waals surface area contributed by atoms with Gasteiger partial charge in [0, 0.05) is 13.6 Å². The second kappa shape index (κ2) is 9.69. The fourth-order valence-electron chi connectivity index (χ4n) is 2.36. The minimum atomic E-state index is -0.736. The fraction of sp³-hybridized carbons (Fsp3) is 0.500. The summed E-state index contributed by atoms with van der Waals surface area (Å²) < 4.78 is 7.27. The highest BCUT2D eigenvalue weighted by atomic mass is 32.2. The van der Waals surface area contributed by atoms with Crippen LogP contribution in [0.2, 0.25) is 0 Å². The molecule has 1 amide bonds. The van der Waals surface area contributed by atoms with E-state index in [1.807, 2.05) is 13.8 Å². The minimum absolute atomic E-state index is 0.0940. The summed E-state index contributed by atoms with van der Waals surface area (Å²) in [6.45, 7) is 5.96. The summed E-state index contributed by atoms with van der Waals surface area (Å²) in [4.78, 5) is 48.8. The number of hydrogen-bond acceptors (Lipinski definition) is 10. The van der Waals surface area contributed by atoms with Crippen molar-refractivity contribution in [2.24, 2.45) is 13.0 Å². The summed E-state index contributed by atoms with van der Waals surface area (Å²) >= 11 is 2.10. The third-order valence-electron chi connectivity index (χ3n) is 3.63. The van der Waals surface area contributed by atoms with Crippen LogP contribution in [0.15, 0.2) is 13.9 Å². The molecule has 0 aliphatic rings. The van der Waals surface area contributed by atoms with E-state index in [2.05, 4.69) is 15.5 Å². The van der Waals surface area contributed by atoms with Crippen LogP contribution in [0.5, 0.6) is 0 Å². The second-order valence-electron chi connectivity index (χ2n) is 6.34. The lowest BCUT2D eigenvalue weighted by atomic mass is 10.2. The van der Waals surface area contributed by atoms with Crippen LogP contribution < -0.4 is 22.3 Å². The third kappa shape index (κ3) is 5.44. The summed E-state index contributed by atoms with van der Waals surface area (Å²) in [6, 6.07) is 0. The number of Topliss-reactive ketones (excluding diaryl/α,β-unsaturated/α-hetero) is 1. The Morgan fingerprint density at radius 3 is 2.62 bits per heavy atom. The second-order valence-corrected chi connectivity index (χ2v) is 8.54. The van der Waals surface area contributed by atoms with E-state index in [1.54, 1.807) is 6.92 Å². The molecule has 3 N–H and O–H groups in total. The van der Waals surface area contributed by atoms with Crippen molar-refractivity contribution in [3.8, 4) is 0 Å². The molecular weight excluding hydrogens is 420 g/mol. The summed E-state index contributed by atoms with van der Waals surface area (Å²) in [5, 5.41) is 10.3. The summed E-state index contributed by atoms with van der Waals surface area (Å²) in [6.07, 6.45) is -0.653. The maximum absolute atomic E-state index is 12.7. The van der Waals surface area contributed by atoms with E-state index in [4.69, 9.17) is 10.5 Å². The Hall–Kier alpha value is -2.67. The Bertz CT molecular complexity index is 1030. The van der Waals surface area contributed by atoms with Crippen LogP contribution in [-0.4, -0.2) is 43.6 Å². The van der Waals surface area contributed by atoms with Gasteiger partial charge in [0.1, 0.15) is 11.4 Å². The number of carbonyl (C=O) groups excluding carboxylic acids is 2. The number of carbonyl (C=O) groups is 2. The van der Waals surface area contributed by atoms with E-state index in [-0.39, 0.29) is 41.3 Å². The average Bonchev–Trinajstić information content (AvgIpc) is 3.09. The zero-order chi connectivity index (χ0) is 21.7. The fourth-order valence-corrected chi connectivity index (χ4v) is 3.97. The average molecular weight is 443 g/mol. The van der Waals surface area contributed by atoms with E-state index in [1.165, 1.54) is 11.6 Å². The van der Waals surface area contributed by atoms with Gasteiger partial charge in [-0.25, -0.2) is 9.59 Å². The quantitative estimate of drug-likeness (QED) is 0.349. The van der Waals surface area contributed by atoms with Gasteiger partial charge in [0.05, 0.1) is 12.4 Å². The number of ketones is 1. The van der Waals surface area contributed by atoms with Crippen LogP contribution >= 0.6 is 23.1 Å². The molecule has 0 aromatic carbocycles. The lowest BCUT2D eigenvalue weighted by Gasteiger charge is -2.15. The Morgan fingerprint density at radius 1 is 1.31 bits per heavy atom. The topological polar surface area (TPSA) is 151 Å². The molecule has 13 heteroatoms. The molecule has 0 aliphatic carbocycles. The Balaban J connectivity index is 2.18. The molecule has 0 spiro atoms. The van der Waals surface area contributed by atoms with Crippen molar-refractivity contribution in [2.75, 3.05) is 23.4 Å². The molecule has 0 saturated heterocycles. The van der Waals surface area contributed by atoms with Gasteiger partial charge in [-0.1, -0.05) is 36.9 Å². The van der Waals surface area contributed by atoms with Gasteiger partial charge in [-0.05, 0) is 12.8 Å².